The number of rotatable bonds is 6. The standard InChI is InChI=1S/C12H20F3NO2/c13-12(14,15)8-17-6-1-4-11(16)5-7-18-10(11)9-2-3-9/h9-10H,1-8,16H2. The van der Waals surface area contributed by atoms with Gasteiger partial charge in [-0.2, -0.15) is 13.2 Å². The van der Waals surface area contributed by atoms with E-state index in [1.807, 2.05) is 0 Å². The van der Waals surface area contributed by atoms with Gasteiger partial charge in [0.1, 0.15) is 6.61 Å². The molecule has 3 nitrogen and oxygen atoms in total. The van der Waals surface area contributed by atoms with E-state index < -0.39 is 12.8 Å². The van der Waals surface area contributed by atoms with E-state index in [1.54, 1.807) is 0 Å². The topological polar surface area (TPSA) is 44.5 Å². The van der Waals surface area contributed by atoms with Gasteiger partial charge < -0.3 is 15.2 Å². The van der Waals surface area contributed by atoms with Gasteiger partial charge in [0.05, 0.1) is 6.10 Å². The molecule has 2 rings (SSSR count). The van der Waals surface area contributed by atoms with Gasteiger partial charge in [0, 0.05) is 18.8 Å². The Kier molecular flexibility index (Phi) is 4.18. The molecule has 0 radical (unpaired) electrons. The Bertz CT molecular complexity index is 281. The molecule has 1 heterocycles. The SMILES string of the molecule is NC1(CCCOCC(F)(F)F)CCOC1C1CC1. The molecule has 1 aliphatic heterocycles. The van der Waals surface area contributed by atoms with Crippen molar-refractivity contribution in [3.63, 3.8) is 0 Å². The van der Waals surface area contributed by atoms with E-state index in [0.29, 0.717) is 25.4 Å². The summed E-state index contributed by atoms with van der Waals surface area (Å²) < 4.78 is 45.8. The van der Waals surface area contributed by atoms with Crippen LogP contribution in [0.3, 0.4) is 0 Å². The highest BCUT2D eigenvalue weighted by Gasteiger charge is 2.48. The summed E-state index contributed by atoms with van der Waals surface area (Å²) >= 11 is 0. The lowest BCUT2D eigenvalue weighted by atomic mass is 9.85. The van der Waals surface area contributed by atoms with Crippen molar-refractivity contribution in [3.05, 3.63) is 0 Å². The summed E-state index contributed by atoms with van der Waals surface area (Å²) in [5, 5.41) is 0. The molecule has 2 N–H and O–H groups in total. The Morgan fingerprint density at radius 1 is 1.33 bits per heavy atom. The number of hydrogen-bond donors (Lipinski definition) is 1. The fraction of sp³-hybridized carbons (Fsp3) is 1.00. The molecular formula is C12H20F3NO2. The van der Waals surface area contributed by atoms with Gasteiger partial charge in [0.15, 0.2) is 0 Å². The molecule has 1 aliphatic carbocycles. The zero-order chi connectivity index (χ0) is 13.2. The number of nitrogens with two attached hydrogens (primary N) is 1. The number of hydrogen-bond acceptors (Lipinski definition) is 3. The van der Waals surface area contributed by atoms with Gasteiger partial charge in [0.25, 0.3) is 0 Å². The van der Waals surface area contributed by atoms with Gasteiger partial charge in [-0.1, -0.05) is 0 Å². The summed E-state index contributed by atoms with van der Waals surface area (Å²) in [5.41, 5.74) is 5.95. The molecule has 0 amide bonds. The van der Waals surface area contributed by atoms with Crippen LogP contribution in [-0.2, 0) is 9.47 Å². The first-order chi connectivity index (χ1) is 8.41. The molecule has 1 saturated heterocycles. The van der Waals surface area contributed by atoms with Crippen molar-refractivity contribution in [2.45, 2.75) is 49.9 Å². The van der Waals surface area contributed by atoms with Crippen molar-refractivity contribution in [1.82, 2.24) is 0 Å². The van der Waals surface area contributed by atoms with Crippen molar-refractivity contribution in [2.24, 2.45) is 11.7 Å². The van der Waals surface area contributed by atoms with Crippen LogP contribution < -0.4 is 5.73 Å². The van der Waals surface area contributed by atoms with Crippen molar-refractivity contribution in [3.8, 4) is 0 Å². The zero-order valence-electron chi connectivity index (χ0n) is 10.3. The first-order valence-electron chi connectivity index (χ1n) is 6.46. The molecule has 0 spiro atoms. The lowest BCUT2D eigenvalue weighted by Crippen LogP contribution is -2.48. The van der Waals surface area contributed by atoms with Crippen LogP contribution in [0.2, 0.25) is 0 Å². The third-order valence-corrected chi connectivity index (χ3v) is 3.68. The normalized spacial score (nSPS) is 33.0. The first-order valence-corrected chi connectivity index (χ1v) is 6.46. The van der Waals surface area contributed by atoms with E-state index in [-0.39, 0.29) is 18.2 Å². The Morgan fingerprint density at radius 2 is 2.06 bits per heavy atom. The Hall–Kier alpha value is -0.330. The molecule has 0 bridgehead atoms. The minimum absolute atomic E-state index is 0.0973. The minimum Gasteiger partial charge on any atom is -0.376 e. The Balaban J connectivity index is 1.66. The van der Waals surface area contributed by atoms with Crippen LogP contribution in [-0.4, -0.2) is 37.6 Å². The van der Waals surface area contributed by atoms with E-state index in [4.69, 9.17) is 10.5 Å². The molecule has 0 aromatic heterocycles. The summed E-state index contributed by atoms with van der Waals surface area (Å²) in [6.07, 6.45) is 0.203. The number of halogens is 3. The van der Waals surface area contributed by atoms with Gasteiger partial charge in [-0.25, -0.2) is 0 Å². The summed E-state index contributed by atoms with van der Waals surface area (Å²) in [7, 11) is 0. The van der Waals surface area contributed by atoms with Crippen LogP contribution >= 0.6 is 0 Å². The highest BCUT2D eigenvalue weighted by Crippen LogP contribution is 2.43. The van der Waals surface area contributed by atoms with E-state index in [0.717, 1.165) is 19.3 Å². The largest absolute Gasteiger partial charge is 0.411 e. The molecule has 0 aromatic carbocycles. The van der Waals surface area contributed by atoms with Crippen LogP contribution in [0.25, 0.3) is 0 Å². The molecule has 106 valence electrons. The third-order valence-electron chi connectivity index (χ3n) is 3.68. The number of ether oxygens (including phenoxy) is 2. The molecule has 0 aromatic rings. The second-order valence-electron chi connectivity index (χ2n) is 5.38. The average molecular weight is 267 g/mol. The molecular weight excluding hydrogens is 247 g/mol. The predicted octanol–water partition coefficient (Wildman–Crippen LogP) is 2.24. The van der Waals surface area contributed by atoms with Gasteiger partial charge in [-0.05, 0) is 38.0 Å². The highest BCUT2D eigenvalue weighted by atomic mass is 19.4. The van der Waals surface area contributed by atoms with E-state index in [1.165, 1.54) is 0 Å². The van der Waals surface area contributed by atoms with Gasteiger partial charge in [0.2, 0.25) is 0 Å². The number of alkyl halides is 3. The molecule has 2 unspecified atom stereocenters. The maximum absolute atomic E-state index is 11.9. The predicted molar refractivity (Wildman–Crippen MR) is 60.1 cm³/mol. The summed E-state index contributed by atoms with van der Waals surface area (Å²) in [4.78, 5) is 0. The maximum atomic E-state index is 11.9. The van der Waals surface area contributed by atoms with E-state index in [2.05, 4.69) is 4.74 Å². The Morgan fingerprint density at radius 3 is 2.67 bits per heavy atom. The molecule has 2 aliphatic rings. The molecule has 1 saturated carbocycles. The van der Waals surface area contributed by atoms with Crippen molar-refractivity contribution in [1.29, 1.82) is 0 Å². The maximum Gasteiger partial charge on any atom is 0.411 e. The summed E-state index contributed by atoms with van der Waals surface area (Å²) in [6, 6.07) is 0. The summed E-state index contributed by atoms with van der Waals surface area (Å²) in [5.74, 6) is 0.564. The fourth-order valence-corrected chi connectivity index (χ4v) is 2.65. The van der Waals surface area contributed by atoms with Crippen LogP contribution in [0.5, 0.6) is 0 Å². The van der Waals surface area contributed by atoms with E-state index >= 15 is 0 Å². The molecule has 2 fully saturated rings. The lowest BCUT2D eigenvalue weighted by molar-refractivity contribution is -0.174. The van der Waals surface area contributed by atoms with Crippen LogP contribution in [0.4, 0.5) is 13.2 Å². The fourth-order valence-electron chi connectivity index (χ4n) is 2.65. The van der Waals surface area contributed by atoms with Crippen molar-refractivity contribution < 1.29 is 22.6 Å². The second-order valence-corrected chi connectivity index (χ2v) is 5.38. The van der Waals surface area contributed by atoms with Gasteiger partial charge in [-0.3, -0.25) is 0 Å². The van der Waals surface area contributed by atoms with Gasteiger partial charge in [-0.15, -0.1) is 0 Å². The average Bonchev–Trinajstić information content (AvgIpc) is 3.01. The van der Waals surface area contributed by atoms with Crippen LogP contribution in [0.1, 0.15) is 32.1 Å². The monoisotopic (exact) mass is 267 g/mol. The summed E-state index contributed by atoms with van der Waals surface area (Å²) in [6.45, 7) is -0.399. The second kappa shape index (κ2) is 5.35. The van der Waals surface area contributed by atoms with E-state index in [9.17, 15) is 13.2 Å². The van der Waals surface area contributed by atoms with Crippen molar-refractivity contribution >= 4 is 0 Å². The van der Waals surface area contributed by atoms with Crippen LogP contribution in [0, 0.1) is 5.92 Å². The highest BCUT2D eigenvalue weighted by molar-refractivity contribution is 5.03. The molecule has 2 atom stereocenters. The third kappa shape index (κ3) is 3.83. The van der Waals surface area contributed by atoms with Crippen molar-refractivity contribution in [2.75, 3.05) is 19.8 Å². The zero-order valence-corrected chi connectivity index (χ0v) is 10.3. The molecule has 6 heteroatoms. The smallest absolute Gasteiger partial charge is 0.376 e. The first kappa shape index (κ1) is 14.1. The molecule has 18 heavy (non-hydrogen) atoms. The quantitative estimate of drug-likeness (QED) is 0.751. The Labute approximate surface area is 105 Å². The minimum atomic E-state index is -4.24. The van der Waals surface area contributed by atoms with Crippen LogP contribution in [0.15, 0.2) is 0 Å². The lowest BCUT2D eigenvalue weighted by Gasteiger charge is -2.30. The van der Waals surface area contributed by atoms with Gasteiger partial charge >= 0.3 is 6.18 Å².